The second-order valence-corrected chi connectivity index (χ2v) is 8.13. The lowest BCUT2D eigenvalue weighted by Crippen LogP contribution is -2.25. The summed E-state index contributed by atoms with van der Waals surface area (Å²) < 4.78 is 2.41. The lowest BCUT2D eigenvalue weighted by molar-refractivity contribution is 0.102. The van der Waals surface area contributed by atoms with Crippen molar-refractivity contribution in [2.75, 3.05) is 5.32 Å². The van der Waals surface area contributed by atoms with E-state index < -0.39 is 0 Å². The predicted octanol–water partition coefficient (Wildman–Crippen LogP) is 5.53. The quantitative estimate of drug-likeness (QED) is 0.423. The molecule has 154 valence electrons. The van der Waals surface area contributed by atoms with Gasteiger partial charge >= 0.3 is 0 Å². The minimum absolute atomic E-state index is 0.222. The molecule has 0 radical (unpaired) electrons. The van der Waals surface area contributed by atoms with Crippen LogP contribution in [0.25, 0.3) is 16.8 Å². The highest BCUT2D eigenvalue weighted by molar-refractivity contribution is 9.10. The summed E-state index contributed by atoms with van der Waals surface area (Å²) >= 11 is 3.40. The number of carbonyl (C=O) groups is 1. The van der Waals surface area contributed by atoms with E-state index in [0.717, 1.165) is 21.3 Å². The molecular formula is C25H20BrN3O2. The minimum atomic E-state index is -0.329. The highest BCUT2D eigenvalue weighted by Crippen LogP contribution is 2.28. The maximum absolute atomic E-state index is 13.2. The monoisotopic (exact) mass is 473 g/mol. The molecule has 0 aliphatic heterocycles. The Kier molecular flexibility index (Phi) is 5.82. The second-order valence-electron chi connectivity index (χ2n) is 7.22. The molecule has 3 aromatic carbocycles. The van der Waals surface area contributed by atoms with Crippen molar-refractivity contribution in [3.8, 4) is 16.8 Å². The first-order valence-electron chi connectivity index (χ1n) is 9.77. The molecule has 6 heteroatoms. The van der Waals surface area contributed by atoms with Crippen molar-refractivity contribution in [1.29, 1.82) is 0 Å². The van der Waals surface area contributed by atoms with Gasteiger partial charge in [0.05, 0.1) is 11.3 Å². The Balaban J connectivity index is 1.95. The molecule has 1 heterocycles. The maximum Gasteiger partial charge on any atom is 0.256 e. The Hall–Kier alpha value is -3.51. The van der Waals surface area contributed by atoms with Gasteiger partial charge in [0.1, 0.15) is 11.5 Å². The summed E-state index contributed by atoms with van der Waals surface area (Å²) in [6.45, 7) is 3.67. The molecular weight excluding hydrogens is 454 g/mol. The van der Waals surface area contributed by atoms with Crippen LogP contribution in [0.1, 0.15) is 21.6 Å². The van der Waals surface area contributed by atoms with Gasteiger partial charge in [-0.2, -0.15) is 5.10 Å². The predicted molar refractivity (Wildman–Crippen MR) is 127 cm³/mol. The summed E-state index contributed by atoms with van der Waals surface area (Å²) in [6.07, 6.45) is 0. The van der Waals surface area contributed by atoms with Crippen molar-refractivity contribution in [2.24, 2.45) is 0 Å². The number of para-hydroxylation sites is 1. The van der Waals surface area contributed by atoms with Gasteiger partial charge in [0, 0.05) is 10.0 Å². The number of hydrogen-bond donors (Lipinski definition) is 1. The molecule has 4 aromatic rings. The summed E-state index contributed by atoms with van der Waals surface area (Å²) in [5, 5.41) is 7.43. The molecule has 0 saturated carbocycles. The van der Waals surface area contributed by atoms with E-state index in [1.54, 1.807) is 29.8 Å². The van der Waals surface area contributed by atoms with E-state index in [-0.39, 0.29) is 11.3 Å². The molecule has 31 heavy (non-hydrogen) atoms. The van der Waals surface area contributed by atoms with Gasteiger partial charge in [-0.1, -0.05) is 70.0 Å². The van der Waals surface area contributed by atoms with Crippen LogP contribution in [-0.2, 0) is 0 Å². The van der Waals surface area contributed by atoms with E-state index in [2.05, 4.69) is 26.3 Å². The van der Waals surface area contributed by atoms with E-state index in [4.69, 9.17) is 0 Å². The molecule has 0 unspecified atom stereocenters. The van der Waals surface area contributed by atoms with Gasteiger partial charge in [-0.25, -0.2) is 4.68 Å². The van der Waals surface area contributed by atoms with Crippen molar-refractivity contribution in [3.05, 3.63) is 110 Å². The number of anilines is 1. The number of nitrogens with one attached hydrogen (secondary N) is 1. The number of hydrogen-bond acceptors (Lipinski definition) is 3. The average molecular weight is 474 g/mol. The highest BCUT2D eigenvalue weighted by atomic mass is 79.9. The first-order chi connectivity index (χ1) is 14.9. The van der Waals surface area contributed by atoms with Crippen LogP contribution in [-0.4, -0.2) is 15.7 Å². The average Bonchev–Trinajstić information content (AvgIpc) is 2.78. The molecule has 1 amide bonds. The summed E-state index contributed by atoms with van der Waals surface area (Å²) in [5.41, 5.74) is 3.54. The molecule has 0 bridgehead atoms. The van der Waals surface area contributed by atoms with Gasteiger partial charge in [0.2, 0.25) is 5.43 Å². The van der Waals surface area contributed by atoms with E-state index in [0.29, 0.717) is 22.6 Å². The first kappa shape index (κ1) is 20.8. The Morgan fingerprint density at radius 1 is 0.935 bits per heavy atom. The molecule has 4 rings (SSSR count). The largest absolute Gasteiger partial charge is 0.306 e. The Bertz CT molecular complexity index is 1310. The number of benzene rings is 3. The Morgan fingerprint density at radius 2 is 1.65 bits per heavy atom. The molecule has 1 N–H and O–H groups in total. The van der Waals surface area contributed by atoms with Gasteiger partial charge in [0.25, 0.3) is 5.91 Å². The van der Waals surface area contributed by atoms with Crippen molar-refractivity contribution < 1.29 is 4.79 Å². The number of rotatable bonds is 4. The van der Waals surface area contributed by atoms with Crippen molar-refractivity contribution >= 4 is 27.7 Å². The number of carbonyl (C=O) groups excluding carboxylic acids is 1. The Morgan fingerprint density at radius 3 is 2.32 bits per heavy atom. The van der Waals surface area contributed by atoms with Crippen molar-refractivity contribution in [1.82, 2.24) is 9.78 Å². The smallest absolute Gasteiger partial charge is 0.256 e. The van der Waals surface area contributed by atoms with Crippen LogP contribution in [0.2, 0.25) is 0 Å². The molecule has 0 atom stereocenters. The molecule has 0 aliphatic carbocycles. The summed E-state index contributed by atoms with van der Waals surface area (Å²) in [6, 6.07) is 24.2. The number of aromatic nitrogens is 2. The fourth-order valence-corrected chi connectivity index (χ4v) is 3.71. The fourth-order valence-electron chi connectivity index (χ4n) is 3.31. The van der Waals surface area contributed by atoms with Crippen LogP contribution in [0.3, 0.4) is 0 Å². The van der Waals surface area contributed by atoms with Crippen LogP contribution in [0.5, 0.6) is 0 Å². The van der Waals surface area contributed by atoms with Crippen LogP contribution in [0, 0.1) is 13.8 Å². The number of amides is 1. The molecule has 0 fully saturated rings. The molecule has 5 nitrogen and oxygen atoms in total. The van der Waals surface area contributed by atoms with E-state index in [1.165, 1.54) is 0 Å². The molecule has 1 aromatic heterocycles. The maximum atomic E-state index is 13.2. The van der Waals surface area contributed by atoms with Crippen LogP contribution in [0.15, 0.2) is 88.1 Å². The third kappa shape index (κ3) is 4.34. The van der Waals surface area contributed by atoms with E-state index >= 15 is 0 Å². The van der Waals surface area contributed by atoms with Gasteiger partial charge in [-0.05, 0) is 49.7 Å². The fraction of sp³-hybridized carbons (Fsp3) is 0.0800. The van der Waals surface area contributed by atoms with Gasteiger partial charge < -0.3 is 5.32 Å². The number of nitrogens with zero attached hydrogens (tertiary/aromatic N) is 2. The van der Waals surface area contributed by atoms with Gasteiger partial charge in [-0.15, -0.1) is 0 Å². The summed E-state index contributed by atoms with van der Waals surface area (Å²) in [7, 11) is 0. The topological polar surface area (TPSA) is 64.0 Å². The lowest BCUT2D eigenvalue weighted by Gasteiger charge is -2.18. The zero-order chi connectivity index (χ0) is 22.0. The van der Waals surface area contributed by atoms with Crippen LogP contribution < -0.4 is 10.7 Å². The molecule has 0 saturated heterocycles. The number of aryl methyl sites for hydroxylation is 2. The number of halogens is 1. The molecule has 0 spiro atoms. The normalized spacial score (nSPS) is 10.7. The van der Waals surface area contributed by atoms with Crippen molar-refractivity contribution in [3.63, 3.8) is 0 Å². The third-order valence-corrected chi connectivity index (χ3v) is 5.41. The van der Waals surface area contributed by atoms with Crippen molar-refractivity contribution in [2.45, 2.75) is 13.8 Å². The standard InChI is InChI=1S/C25H20BrN3O2/c1-16-11-13-18(14-12-16)22-23(30)17(2)28-29(21-9-4-3-5-10-21)24(22)27-25(31)19-7-6-8-20(26)15-19/h3-15H,1-2H3,(H,27,31). The van der Waals surface area contributed by atoms with E-state index in [9.17, 15) is 9.59 Å². The lowest BCUT2D eigenvalue weighted by atomic mass is 10.0. The van der Waals surface area contributed by atoms with E-state index in [1.807, 2.05) is 67.6 Å². The van der Waals surface area contributed by atoms with Gasteiger partial charge in [-0.3, -0.25) is 9.59 Å². The minimum Gasteiger partial charge on any atom is -0.306 e. The first-order valence-corrected chi connectivity index (χ1v) is 10.6. The SMILES string of the molecule is Cc1ccc(-c2c(NC(=O)c3cccc(Br)c3)n(-c3ccccc3)nc(C)c2=O)cc1. The van der Waals surface area contributed by atoms with Gasteiger partial charge in [0.15, 0.2) is 0 Å². The Labute approximate surface area is 188 Å². The summed E-state index contributed by atoms with van der Waals surface area (Å²) in [5.74, 6) is 0.0000226. The summed E-state index contributed by atoms with van der Waals surface area (Å²) in [4.78, 5) is 26.3. The third-order valence-electron chi connectivity index (χ3n) is 4.91. The zero-order valence-corrected chi connectivity index (χ0v) is 18.7. The van der Waals surface area contributed by atoms with Crippen LogP contribution >= 0.6 is 15.9 Å². The zero-order valence-electron chi connectivity index (χ0n) is 17.1. The second kappa shape index (κ2) is 8.70. The highest BCUT2D eigenvalue weighted by Gasteiger charge is 2.21. The van der Waals surface area contributed by atoms with Crippen LogP contribution in [0.4, 0.5) is 5.82 Å². The molecule has 0 aliphatic rings.